The smallest absolute Gasteiger partial charge is 0.258 e. The van der Waals surface area contributed by atoms with Crippen LogP contribution in [-0.2, 0) is 12.0 Å². The molecule has 0 aliphatic carbocycles. The Morgan fingerprint density at radius 2 is 2.03 bits per heavy atom. The number of para-hydroxylation sites is 1. The summed E-state index contributed by atoms with van der Waals surface area (Å²) in [5.41, 5.74) is 8.09. The Balaban J connectivity index is 1.41. The number of rotatable bonds is 6. The highest BCUT2D eigenvalue weighted by molar-refractivity contribution is 7.09. The summed E-state index contributed by atoms with van der Waals surface area (Å²) >= 11 is 1.56. The molecule has 0 unspecified atom stereocenters. The van der Waals surface area contributed by atoms with Gasteiger partial charge in [-0.25, -0.2) is 4.98 Å². The molecular formula is C26H27N5O3S. The van der Waals surface area contributed by atoms with Crippen molar-refractivity contribution < 1.29 is 14.3 Å². The summed E-state index contributed by atoms with van der Waals surface area (Å²) in [7, 11) is 0. The molecule has 2 atom stereocenters. The van der Waals surface area contributed by atoms with Crippen molar-refractivity contribution in [1.29, 1.82) is 0 Å². The van der Waals surface area contributed by atoms with Gasteiger partial charge in [0.25, 0.3) is 11.8 Å². The van der Waals surface area contributed by atoms with E-state index in [9.17, 15) is 9.90 Å². The molecule has 2 aromatic carbocycles. The molecule has 5 rings (SSSR count). The van der Waals surface area contributed by atoms with Crippen LogP contribution in [0.4, 0.5) is 0 Å². The molecule has 0 bridgehead atoms. The van der Waals surface area contributed by atoms with Gasteiger partial charge in [0.1, 0.15) is 10.8 Å². The largest absolute Gasteiger partial charge is 0.506 e. The number of phenolic OH excluding ortho intramolecular Hbond substituents is 1. The van der Waals surface area contributed by atoms with Crippen LogP contribution in [0.25, 0.3) is 11.5 Å². The molecule has 180 valence electrons. The maximum absolute atomic E-state index is 13.5. The number of nitrogens with zero attached hydrogens (tertiary/aromatic N) is 4. The van der Waals surface area contributed by atoms with Crippen LogP contribution < -0.4 is 5.73 Å². The van der Waals surface area contributed by atoms with E-state index >= 15 is 0 Å². The van der Waals surface area contributed by atoms with E-state index in [-0.39, 0.29) is 35.0 Å². The third-order valence-electron chi connectivity index (χ3n) is 6.26. The van der Waals surface area contributed by atoms with Crippen molar-refractivity contribution >= 4 is 17.2 Å². The number of aromatic hydroxyl groups is 1. The zero-order chi connectivity index (χ0) is 24.6. The molecule has 0 saturated carbocycles. The van der Waals surface area contributed by atoms with Crippen LogP contribution in [0.2, 0.25) is 0 Å². The molecule has 1 saturated heterocycles. The van der Waals surface area contributed by atoms with Gasteiger partial charge >= 0.3 is 0 Å². The van der Waals surface area contributed by atoms with Crippen LogP contribution in [0, 0.1) is 6.92 Å². The lowest BCUT2D eigenvalue weighted by Crippen LogP contribution is -2.35. The van der Waals surface area contributed by atoms with E-state index in [1.165, 1.54) is 0 Å². The highest BCUT2D eigenvalue weighted by Gasteiger charge is 2.34. The number of benzene rings is 2. The fraction of sp³-hybridized carbons (Fsp3) is 0.308. The van der Waals surface area contributed by atoms with E-state index in [0.717, 1.165) is 29.1 Å². The number of aryl methyl sites for hydroxylation is 1. The minimum Gasteiger partial charge on any atom is -0.506 e. The molecule has 2 aromatic heterocycles. The molecular weight excluding hydrogens is 462 g/mol. The van der Waals surface area contributed by atoms with Gasteiger partial charge in [0.15, 0.2) is 0 Å². The molecule has 35 heavy (non-hydrogen) atoms. The first kappa shape index (κ1) is 23.2. The molecule has 1 aliphatic heterocycles. The molecule has 0 radical (unpaired) electrons. The molecule has 3 N–H and O–H groups in total. The zero-order valence-corrected chi connectivity index (χ0v) is 20.5. The number of carbonyl (C=O) groups excluding carboxylic acids is 1. The third-order valence-corrected chi connectivity index (χ3v) is 7.32. The average molecular weight is 490 g/mol. The normalized spacial score (nSPS) is 17.5. The van der Waals surface area contributed by atoms with Crippen LogP contribution in [0.1, 0.15) is 58.3 Å². The number of likely N-dealkylation sites (tertiary alicyclic amines) is 1. The number of aromatic nitrogens is 3. The van der Waals surface area contributed by atoms with Gasteiger partial charge in [-0.05, 0) is 50.8 Å². The van der Waals surface area contributed by atoms with Crippen LogP contribution in [0.5, 0.6) is 5.75 Å². The van der Waals surface area contributed by atoms with Gasteiger partial charge in [-0.3, -0.25) is 4.79 Å². The highest BCUT2D eigenvalue weighted by atomic mass is 32.1. The average Bonchev–Trinajstić information content (AvgIpc) is 3.60. The first-order valence-corrected chi connectivity index (χ1v) is 12.4. The summed E-state index contributed by atoms with van der Waals surface area (Å²) in [6.07, 6.45) is 2.24. The van der Waals surface area contributed by atoms with E-state index in [4.69, 9.17) is 10.2 Å². The maximum atomic E-state index is 13.5. The van der Waals surface area contributed by atoms with Crippen molar-refractivity contribution in [3.8, 4) is 17.2 Å². The van der Waals surface area contributed by atoms with Crippen molar-refractivity contribution in [3.05, 3.63) is 81.6 Å². The van der Waals surface area contributed by atoms with E-state index < -0.39 is 5.54 Å². The minimum absolute atomic E-state index is 0.0878. The Hall–Kier alpha value is -3.56. The van der Waals surface area contributed by atoms with Gasteiger partial charge in [0, 0.05) is 17.6 Å². The minimum atomic E-state index is -0.899. The number of hydrogen-bond acceptors (Lipinski definition) is 8. The second-order valence-corrected chi connectivity index (χ2v) is 10.1. The third kappa shape index (κ3) is 4.56. The summed E-state index contributed by atoms with van der Waals surface area (Å²) in [5, 5.41) is 22.3. The molecule has 0 spiro atoms. The Bertz CT molecular complexity index is 1350. The van der Waals surface area contributed by atoms with Gasteiger partial charge in [0.05, 0.1) is 22.7 Å². The lowest BCUT2D eigenvalue weighted by Gasteiger charge is -2.23. The Labute approximate surface area is 207 Å². The van der Waals surface area contributed by atoms with Crippen molar-refractivity contribution in [2.24, 2.45) is 5.73 Å². The summed E-state index contributed by atoms with van der Waals surface area (Å²) in [6.45, 7) is 4.38. The quantitative estimate of drug-likeness (QED) is 0.406. The van der Waals surface area contributed by atoms with E-state index in [1.807, 2.05) is 49.6 Å². The fourth-order valence-electron chi connectivity index (χ4n) is 4.49. The van der Waals surface area contributed by atoms with Gasteiger partial charge < -0.3 is 20.2 Å². The van der Waals surface area contributed by atoms with Crippen molar-refractivity contribution in [3.63, 3.8) is 0 Å². The predicted molar refractivity (Wildman–Crippen MR) is 133 cm³/mol. The monoisotopic (exact) mass is 489 g/mol. The van der Waals surface area contributed by atoms with Crippen LogP contribution in [0.3, 0.4) is 0 Å². The van der Waals surface area contributed by atoms with Crippen LogP contribution >= 0.6 is 11.3 Å². The number of phenols is 1. The van der Waals surface area contributed by atoms with E-state index in [0.29, 0.717) is 18.5 Å². The molecule has 1 aliphatic rings. The summed E-state index contributed by atoms with van der Waals surface area (Å²) in [6, 6.07) is 14.7. The Kier molecular flexibility index (Phi) is 6.12. The number of carbonyl (C=O) groups is 1. The molecule has 8 nitrogen and oxygen atoms in total. The lowest BCUT2D eigenvalue weighted by atomic mass is 9.94. The number of hydrogen-bond donors (Lipinski definition) is 2. The second kappa shape index (κ2) is 9.24. The van der Waals surface area contributed by atoms with Crippen LogP contribution in [0.15, 0.2) is 58.3 Å². The fourth-order valence-corrected chi connectivity index (χ4v) is 5.44. The lowest BCUT2D eigenvalue weighted by molar-refractivity contribution is 0.0732. The van der Waals surface area contributed by atoms with Crippen molar-refractivity contribution in [2.45, 2.75) is 44.7 Å². The molecule has 1 amide bonds. The molecule has 4 aromatic rings. The second-order valence-electron chi connectivity index (χ2n) is 9.18. The van der Waals surface area contributed by atoms with Crippen LogP contribution in [-0.4, -0.2) is 37.6 Å². The number of thiazole rings is 1. The Morgan fingerprint density at radius 1 is 1.23 bits per heavy atom. The standard InChI is InChI=1S/C26H27N5O3S/c1-16-15-35-23(28-16)20-12-7-13-31(20)24(33)19-11-6-10-18(21(19)32)22-29-30-25(34-22)26(2,27)14-17-8-4-3-5-9-17/h3-6,8-11,15,20,32H,7,12-14,27H2,1-2H3/t20-,26+/m1/s1. The summed E-state index contributed by atoms with van der Waals surface area (Å²) in [4.78, 5) is 19.8. The number of nitrogens with two attached hydrogens (primary N) is 1. The first-order valence-electron chi connectivity index (χ1n) is 11.6. The first-order chi connectivity index (χ1) is 16.8. The van der Waals surface area contributed by atoms with Gasteiger partial charge in [-0.15, -0.1) is 21.5 Å². The topological polar surface area (TPSA) is 118 Å². The van der Waals surface area contributed by atoms with Gasteiger partial charge in [0.2, 0.25) is 5.89 Å². The highest BCUT2D eigenvalue weighted by Crippen LogP contribution is 2.38. The number of amides is 1. The molecule has 3 heterocycles. The summed E-state index contributed by atoms with van der Waals surface area (Å²) in [5.74, 6) is -0.0562. The predicted octanol–water partition coefficient (Wildman–Crippen LogP) is 4.60. The zero-order valence-electron chi connectivity index (χ0n) is 19.6. The van der Waals surface area contributed by atoms with Gasteiger partial charge in [-0.1, -0.05) is 36.4 Å². The SMILES string of the molecule is Cc1csc([C@H]2CCCN2C(=O)c2cccc(-c3nnc([C@@](C)(N)Cc4ccccc4)o3)c2O)n1. The van der Waals surface area contributed by atoms with Gasteiger partial charge in [-0.2, -0.15) is 0 Å². The molecule has 9 heteroatoms. The van der Waals surface area contributed by atoms with Crippen molar-refractivity contribution in [2.75, 3.05) is 6.54 Å². The molecule has 1 fully saturated rings. The van der Waals surface area contributed by atoms with E-state index in [1.54, 1.807) is 34.4 Å². The van der Waals surface area contributed by atoms with E-state index in [2.05, 4.69) is 15.2 Å². The Morgan fingerprint density at radius 3 is 2.77 bits per heavy atom. The summed E-state index contributed by atoms with van der Waals surface area (Å²) < 4.78 is 5.90. The van der Waals surface area contributed by atoms with Crippen molar-refractivity contribution in [1.82, 2.24) is 20.1 Å². The maximum Gasteiger partial charge on any atom is 0.258 e.